The molecule has 0 saturated heterocycles. The molecule has 4 aromatic rings. The van der Waals surface area contributed by atoms with Gasteiger partial charge in [-0.2, -0.15) is 0 Å². The summed E-state index contributed by atoms with van der Waals surface area (Å²) < 4.78 is 11.4. The first-order valence-electron chi connectivity index (χ1n) is 11.1. The number of nitrogens with zero attached hydrogens (tertiary/aromatic N) is 1. The molecule has 0 spiro atoms. The molecule has 2 heterocycles. The SMILES string of the molecule is CCOc1cc(-c2nc3sc4c(c3c(=O)[nH]2)CCCC4)ccc1OC(=O)c1ccc(C)cc1. The van der Waals surface area contributed by atoms with Gasteiger partial charge in [0.15, 0.2) is 11.5 Å². The van der Waals surface area contributed by atoms with Crippen LogP contribution in [0.25, 0.3) is 21.6 Å². The number of nitrogens with one attached hydrogen (secondary N) is 1. The van der Waals surface area contributed by atoms with Crippen LogP contribution < -0.4 is 15.0 Å². The zero-order chi connectivity index (χ0) is 22.9. The molecule has 7 heteroatoms. The number of rotatable bonds is 5. The van der Waals surface area contributed by atoms with Crippen molar-refractivity contribution in [3.63, 3.8) is 0 Å². The summed E-state index contributed by atoms with van der Waals surface area (Å²) in [6, 6.07) is 12.4. The molecule has 0 bridgehead atoms. The van der Waals surface area contributed by atoms with Crippen molar-refractivity contribution < 1.29 is 14.3 Å². The third kappa shape index (κ3) is 4.16. The van der Waals surface area contributed by atoms with Crippen molar-refractivity contribution in [1.82, 2.24) is 9.97 Å². The van der Waals surface area contributed by atoms with E-state index in [1.165, 1.54) is 4.88 Å². The number of carbonyl (C=O) groups excluding carboxylic acids is 1. The summed E-state index contributed by atoms with van der Waals surface area (Å²) in [4.78, 5) is 35.3. The fraction of sp³-hybridized carbons (Fsp3) is 0.269. The number of hydrogen-bond donors (Lipinski definition) is 1. The van der Waals surface area contributed by atoms with Gasteiger partial charge in [0.2, 0.25) is 0 Å². The van der Waals surface area contributed by atoms with E-state index >= 15 is 0 Å². The van der Waals surface area contributed by atoms with E-state index in [1.807, 2.05) is 26.0 Å². The lowest BCUT2D eigenvalue weighted by molar-refractivity contribution is 0.0728. The van der Waals surface area contributed by atoms with Gasteiger partial charge in [-0.3, -0.25) is 4.79 Å². The van der Waals surface area contributed by atoms with Crippen LogP contribution in [0.3, 0.4) is 0 Å². The smallest absolute Gasteiger partial charge is 0.343 e. The molecule has 1 aliphatic rings. The molecule has 6 nitrogen and oxygen atoms in total. The Morgan fingerprint density at radius 3 is 2.67 bits per heavy atom. The van der Waals surface area contributed by atoms with Crippen LogP contribution in [0.1, 0.15) is 46.1 Å². The molecule has 0 atom stereocenters. The maximum Gasteiger partial charge on any atom is 0.343 e. The minimum Gasteiger partial charge on any atom is -0.490 e. The average molecular weight is 461 g/mol. The first-order chi connectivity index (χ1) is 16.0. The van der Waals surface area contributed by atoms with Gasteiger partial charge in [0.05, 0.1) is 17.6 Å². The van der Waals surface area contributed by atoms with E-state index in [-0.39, 0.29) is 5.56 Å². The van der Waals surface area contributed by atoms with Crippen LogP contribution in [0.4, 0.5) is 0 Å². The molecule has 1 aliphatic carbocycles. The van der Waals surface area contributed by atoms with E-state index < -0.39 is 5.97 Å². The predicted octanol–water partition coefficient (Wildman–Crippen LogP) is 5.46. The molecule has 0 radical (unpaired) electrons. The van der Waals surface area contributed by atoms with Crippen molar-refractivity contribution in [2.75, 3.05) is 6.61 Å². The van der Waals surface area contributed by atoms with Crippen LogP contribution in [0, 0.1) is 6.92 Å². The van der Waals surface area contributed by atoms with Crippen LogP contribution in [0.15, 0.2) is 47.3 Å². The maximum absolute atomic E-state index is 12.9. The summed E-state index contributed by atoms with van der Waals surface area (Å²) >= 11 is 1.62. The van der Waals surface area contributed by atoms with Gasteiger partial charge in [0.25, 0.3) is 5.56 Å². The monoisotopic (exact) mass is 460 g/mol. The summed E-state index contributed by atoms with van der Waals surface area (Å²) in [6.45, 7) is 4.22. The molecule has 0 aliphatic heterocycles. The molecular formula is C26H24N2O4S. The Balaban J connectivity index is 1.49. The number of aryl methyl sites for hydroxylation is 3. The highest BCUT2D eigenvalue weighted by molar-refractivity contribution is 7.18. The molecule has 5 rings (SSSR count). The molecule has 2 aromatic heterocycles. The Morgan fingerprint density at radius 2 is 1.88 bits per heavy atom. The molecule has 1 N–H and O–H groups in total. The highest BCUT2D eigenvalue weighted by Gasteiger charge is 2.21. The van der Waals surface area contributed by atoms with Crippen LogP contribution in [0.5, 0.6) is 11.5 Å². The lowest BCUT2D eigenvalue weighted by Gasteiger charge is -2.12. The molecule has 0 amide bonds. The summed E-state index contributed by atoms with van der Waals surface area (Å²) in [7, 11) is 0. The number of aromatic amines is 1. The van der Waals surface area contributed by atoms with Crippen molar-refractivity contribution in [2.45, 2.75) is 39.5 Å². The fourth-order valence-electron chi connectivity index (χ4n) is 4.16. The molecular weight excluding hydrogens is 436 g/mol. The summed E-state index contributed by atoms with van der Waals surface area (Å²) in [5.41, 5.74) is 3.28. The second kappa shape index (κ2) is 8.83. The standard InChI is InChI=1S/C26H24N2O4S/c1-3-31-20-14-17(12-13-19(20)32-26(30)16-10-8-15(2)9-11-16)23-27-24(29)22-18-6-4-5-7-21(18)33-25(22)28-23/h8-14H,3-7H2,1-2H3,(H,27,28,29). The number of H-pyrrole nitrogens is 1. The van der Waals surface area contributed by atoms with E-state index in [4.69, 9.17) is 14.5 Å². The fourth-order valence-corrected chi connectivity index (χ4v) is 5.42. The highest BCUT2D eigenvalue weighted by Crippen LogP contribution is 2.36. The van der Waals surface area contributed by atoms with Gasteiger partial charge in [0, 0.05) is 10.4 Å². The lowest BCUT2D eigenvalue weighted by Crippen LogP contribution is -2.12. The number of carbonyl (C=O) groups is 1. The predicted molar refractivity (Wildman–Crippen MR) is 130 cm³/mol. The van der Waals surface area contributed by atoms with Crippen LogP contribution in [-0.4, -0.2) is 22.5 Å². The van der Waals surface area contributed by atoms with Gasteiger partial charge in [-0.05, 0) is 75.4 Å². The van der Waals surface area contributed by atoms with Gasteiger partial charge >= 0.3 is 5.97 Å². The number of ether oxygens (including phenoxy) is 2. The van der Waals surface area contributed by atoms with Crippen LogP contribution >= 0.6 is 11.3 Å². The number of aromatic nitrogens is 2. The molecule has 0 saturated carbocycles. The zero-order valence-corrected chi connectivity index (χ0v) is 19.4. The van der Waals surface area contributed by atoms with Gasteiger partial charge < -0.3 is 14.5 Å². The van der Waals surface area contributed by atoms with Crippen molar-refractivity contribution in [1.29, 1.82) is 0 Å². The largest absolute Gasteiger partial charge is 0.490 e. The summed E-state index contributed by atoms with van der Waals surface area (Å²) in [6.07, 6.45) is 4.22. The molecule has 0 unspecified atom stereocenters. The minimum absolute atomic E-state index is 0.109. The van der Waals surface area contributed by atoms with E-state index in [0.29, 0.717) is 35.1 Å². The molecule has 33 heavy (non-hydrogen) atoms. The molecule has 0 fully saturated rings. The Labute approximate surface area is 195 Å². The van der Waals surface area contributed by atoms with Crippen molar-refractivity contribution >= 4 is 27.5 Å². The average Bonchev–Trinajstić information content (AvgIpc) is 3.20. The Kier molecular flexibility index (Phi) is 5.72. The second-order valence-electron chi connectivity index (χ2n) is 8.16. The minimum atomic E-state index is -0.458. The number of fused-ring (bicyclic) bond motifs is 3. The Hall–Kier alpha value is -3.45. The number of hydrogen-bond acceptors (Lipinski definition) is 6. The molecule has 2 aromatic carbocycles. The zero-order valence-electron chi connectivity index (χ0n) is 18.6. The van der Waals surface area contributed by atoms with E-state index in [2.05, 4.69) is 4.98 Å². The molecule has 168 valence electrons. The number of benzene rings is 2. The van der Waals surface area contributed by atoms with Gasteiger partial charge in [-0.15, -0.1) is 11.3 Å². The highest BCUT2D eigenvalue weighted by atomic mass is 32.1. The normalized spacial score (nSPS) is 13.0. The van der Waals surface area contributed by atoms with Crippen molar-refractivity contribution in [2.24, 2.45) is 0 Å². The summed E-state index contributed by atoms with van der Waals surface area (Å²) in [5, 5.41) is 0.729. The van der Waals surface area contributed by atoms with Crippen molar-refractivity contribution in [3.05, 3.63) is 74.4 Å². The summed E-state index contributed by atoms with van der Waals surface area (Å²) in [5.74, 6) is 0.758. The Bertz CT molecular complexity index is 1400. The third-order valence-corrected chi connectivity index (χ3v) is 7.02. The van der Waals surface area contributed by atoms with Gasteiger partial charge in [0.1, 0.15) is 10.7 Å². The second-order valence-corrected chi connectivity index (χ2v) is 9.24. The third-order valence-electron chi connectivity index (χ3n) is 5.83. The maximum atomic E-state index is 12.9. The first kappa shape index (κ1) is 21.4. The quantitative estimate of drug-likeness (QED) is 0.316. The van der Waals surface area contributed by atoms with Gasteiger partial charge in [-0.1, -0.05) is 17.7 Å². The van der Waals surface area contributed by atoms with Gasteiger partial charge in [-0.25, -0.2) is 9.78 Å². The van der Waals surface area contributed by atoms with E-state index in [9.17, 15) is 9.59 Å². The first-order valence-corrected chi connectivity index (χ1v) is 12.0. The van der Waals surface area contributed by atoms with E-state index in [0.717, 1.165) is 47.0 Å². The van der Waals surface area contributed by atoms with Crippen molar-refractivity contribution in [3.8, 4) is 22.9 Å². The van der Waals surface area contributed by atoms with Crippen LogP contribution in [0.2, 0.25) is 0 Å². The topological polar surface area (TPSA) is 81.3 Å². The number of esters is 1. The lowest BCUT2D eigenvalue weighted by atomic mass is 9.97. The Morgan fingerprint density at radius 1 is 1.09 bits per heavy atom. The van der Waals surface area contributed by atoms with Crippen LogP contribution in [-0.2, 0) is 12.8 Å². The van der Waals surface area contributed by atoms with E-state index in [1.54, 1.807) is 41.7 Å². The number of thiophene rings is 1.